The Bertz CT molecular complexity index is 1180. The highest BCUT2D eigenvalue weighted by Gasteiger charge is 2.29. The lowest BCUT2D eigenvalue weighted by molar-refractivity contribution is -0.118. The van der Waals surface area contributed by atoms with Crippen LogP contribution in [0.4, 0.5) is 5.69 Å². The maximum absolute atomic E-state index is 13.0. The third kappa shape index (κ3) is 4.31. The molecule has 3 heterocycles. The van der Waals surface area contributed by atoms with Gasteiger partial charge in [0.15, 0.2) is 6.61 Å². The van der Waals surface area contributed by atoms with Crippen molar-refractivity contribution in [1.29, 1.82) is 0 Å². The number of carbonyl (C=O) groups is 2. The van der Waals surface area contributed by atoms with E-state index >= 15 is 0 Å². The van der Waals surface area contributed by atoms with Crippen molar-refractivity contribution in [2.45, 2.75) is 19.9 Å². The van der Waals surface area contributed by atoms with Crippen molar-refractivity contribution in [3.8, 4) is 17.1 Å². The van der Waals surface area contributed by atoms with Crippen LogP contribution in [0.5, 0.6) is 5.75 Å². The summed E-state index contributed by atoms with van der Waals surface area (Å²) in [6.07, 6.45) is 0. The van der Waals surface area contributed by atoms with Gasteiger partial charge in [-0.2, -0.15) is 4.98 Å². The summed E-state index contributed by atoms with van der Waals surface area (Å²) in [6.45, 7) is 6.63. The predicted octanol–water partition coefficient (Wildman–Crippen LogP) is 2.89. The second-order valence-corrected chi connectivity index (χ2v) is 8.37. The van der Waals surface area contributed by atoms with E-state index in [1.807, 2.05) is 43.0 Å². The van der Waals surface area contributed by atoms with Crippen molar-refractivity contribution in [2.24, 2.45) is 0 Å². The number of benzene rings is 2. The van der Waals surface area contributed by atoms with Crippen molar-refractivity contribution in [1.82, 2.24) is 19.9 Å². The van der Waals surface area contributed by atoms with E-state index in [0.717, 1.165) is 5.56 Å². The van der Waals surface area contributed by atoms with Gasteiger partial charge in [-0.05, 0) is 32.0 Å². The molecule has 1 N–H and O–H groups in total. The number of amides is 2. The van der Waals surface area contributed by atoms with Crippen LogP contribution >= 0.6 is 0 Å². The zero-order chi connectivity index (χ0) is 22.9. The molecule has 0 saturated carbocycles. The summed E-state index contributed by atoms with van der Waals surface area (Å²) in [5, 5.41) is 6.89. The molecule has 1 saturated heterocycles. The van der Waals surface area contributed by atoms with Gasteiger partial charge in [-0.15, -0.1) is 0 Å². The van der Waals surface area contributed by atoms with Crippen LogP contribution in [-0.2, 0) is 4.79 Å². The van der Waals surface area contributed by atoms with Gasteiger partial charge >= 0.3 is 0 Å². The van der Waals surface area contributed by atoms with E-state index in [2.05, 4.69) is 20.4 Å². The van der Waals surface area contributed by atoms with Crippen LogP contribution < -0.4 is 10.1 Å². The van der Waals surface area contributed by atoms with E-state index in [-0.39, 0.29) is 24.5 Å². The Balaban J connectivity index is 1.21. The normalized spacial score (nSPS) is 17.2. The highest BCUT2D eigenvalue weighted by atomic mass is 16.5. The summed E-state index contributed by atoms with van der Waals surface area (Å²) in [5.74, 6) is 1.44. The average Bonchev–Trinajstić information content (AvgIpc) is 3.33. The van der Waals surface area contributed by atoms with E-state index < -0.39 is 0 Å². The maximum atomic E-state index is 13.0. The summed E-state index contributed by atoms with van der Waals surface area (Å²) in [4.78, 5) is 33.2. The Morgan fingerprint density at radius 1 is 1.09 bits per heavy atom. The van der Waals surface area contributed by atoms with E-state index in [1.54, 1.807) is 18.2 Å². The van der Waals surface area contributed by atoms with E-state index in [0.29, 0.717) is 54.9 Å². The summed E-state index contributed by atoms with van der Waals surface area (Å²) in [5.41, 5.74) is 3.16. The zero-order valence-electron chi connectivity index (χ0n) is 18.6. The van der Waals surface area contributed by atoms with Gasteiger partial charge in [-0.3, -0.25) is 14.5 Å². The zero-order valence-corrected chi connectivity index (χ0v) is 18.6. The van der Waals surface area contributed by atoms with Gasteiger partial charge in [-0.25, -0.2) is 0 Å². The molecule has 9 heteroatoms. The molecule has 0 bridgehead atoms. The van der Waals surface area contributed by atoms with Crippen LogP contribution in [0.25, 0.3) is 11.4 Å². The predicted molar refractivity (Wildman–Crippen MR) is 121 cm³/mol. The van der Waals surface area contributed by atoms with Gasteiger partial charge in [0.1, 0.15) is 5.75 Å². The number of anilines is 1. The molecule has 5 rings (SSSR count). The maximum Gasteiger partial charge on any atom is 0.262 e. The fraction of sp³-hybridized carbons (Fsp3) is 0.333. The monoisotopic (exact) mass is 447 g/mol. The van der Waals surface area contributed by atoms with Crippen LogP contribution in [0.15, 0.2) is 47.0 Å². The lowest BCUT2D eigenvalue weighted by Crippen LogP contribution is -2.49. The number of nitrogens with zero attached hydrogens (tertiary/aromatic N) is 4. The second kappa shape index (κ2) is 8.67. The smallest absolute Gasteiger partial charge is 0.262 e. The van der Waals surface area contributed by atoms with Gasteiger partial charge in [-0.1, -0.05) is 35.0 Å². The van der Waals surface area contributed by atoms with Gasteiger partial charge in [0.25, 0.3) is 11.8 Å². The van der Waals surface area contributed by atoms with Crippen LogP contribution in [-0.4, -0.2) is 64.5 Å². The van der Waals surface area contributed by atoms with Gasteiger partial charge in [0.2, 0.25) is 11.7 Å². The fourth-order valence-electron chi connectivity index (χ4n) is 4.09. The highest BCUT2D eigenvalue weighted by Crippen LogP contribution is 2.29. The number of rotatable bonds is 4. The molecule has 1 atom stereocenters. The Labute approximate surface area is 191 Å². The molecule has 1 fully saturated rings. The van der Waals surface area contributed by atoms with E-state index in [4.69, 9.17) is 9.26 Å². The minimum atomic E-state index is -0.221. The number of aromatic nitrogens is 2. The number of piperazine rings is 1. The lowest BCUT2D eigenvalue weighted by Gasteiger charge is -2.37. The van der Waals surface area contributed by atoms with Crippen LogP contribution in [0, 0.1) is 6.92 Å². The molecule has 0 radical (unpaired) electrons. The third-order valence-electron chi connectivity index (χ3n) is 6.12. The number of ether oxygens (including phenoxy) is 1. The molecule has 0 spiro atoms. The third-order valence-corrected chi connectivity index (χ3v) is 6.12. The minimum Gasteiger partial charge on any atom is -0.482 e. The van der Waals surface area contributed by atoms with Gasteiger partial charge in [0.05, 0.1) is 11.7 Å². The quantitative estimate of drug-likeness (QED) is 0.656. The van der Waals surface area contributed by atoms with Crippen LogP contribution in [0.1, 0.15) is 34.8 Å². The summed E-state index contributed by atoms with van der Waals surface area (Å²) in [6, 6.07) is 13.1. The van der Waals surface area contributed by atoms with Crippen molar-refractivity contribution >= 4 is 17.5 Å². The highest BCUT2D eigenvalue weighted by molar-refractivity contribution is 5.99. The Morgan fingerprint density at radius 3 is 2.61 bits per heavy atom. The summed E-state index contributed by atoms with van der Waals surface area (Å²) < 4.78 is 10.9. The first-order valence-corrected chi connectivity index (χ1v) is 11.0. The van der Waals surface area contributed by atoms with Crippen molar-refractivity contribution < 1.29 is 18.8 Å². The molecule has 0 aliphatic carbocycles. The Hall–Kier alpha value is -3.72. The lowest BCUT2D eigenvalue weighted by atomic mass is 10.1. The van der Waals surface area contributed by atoms with E-state index in [1.165, 1.54) is 5.56 Å². The molecule has 1 aromatic heterocycles. The van der Waals surface area contributed by atoms with Crippen molar-refractivity contribution in [2.75, 3.05) is 38.1 Å². The largest absolute Gasteiger partial charge is 0.482 e. The first-order chi connectivity index (χ1) is 16.0. The molecule has 33 heavy (non-hydrogen) atoms. The topological polar surface area (TPSA) is 101 Å². The van der Waals surface area contributed by atoms with Gasteiger partial charge < -0.3 is 19.5 Å². The second-order valence-electron chi connectivity index (χ2n) is 8.37. The van der Waals surface area contributed by atoms with Gasteiger partial charge in [0, 0.05) is 37.3 Å². The number of fused-ring (bicyclic) bond motifs is 1. The Morgan fingerprint density at radius 2 is 1.85 bits per heavy atom. The number of hydrogen-bond donors (Lipinski definition) is 1. The average molecular weight is 447 g/mol. The molecule has 2 aliphatic heterocycles. The van der Waals surface area contributed by atoms with Crippen LogP contribution in [0.3, 0.4) is 0 Å². The summed E-state index contributed by atoms with van der Waals surface area (Å²) >= 11 is 0. The standard InChI is InChI=1S/C24H25N5O4/c1-15-3-5-17(6-4-15)22-26-23(33-27-22)16(2)28-9-11-29(12-10-28)24(31)18-7-8-20-19(13-18)25-21(30)14-32-20/h3-8,13,16H,9-12,14H2,1-2H3,(H,25,30). The first kappa shape index (κ1) is 21.1. The molecular weight excluding hydrogens is 422 g/mol. The van der Waals surface area contributed by atoms with Crippen LogP contribution in [0.2, 0.25) is 0 Å². The Kier molecular flexibility index (Phi) is 5.55. The number of carbonyl (C=O) groups excluding carboxylic acids is 2. The van der Waals surface area contributed by atoms with E-state index in [9.17, 15) is 9.59 Å². The molecule has 170 valence electrons. The molecule has 2 aliphatic rings. The molecular formula is C24H25N5O4. The molecule has 2 amide bonds. The first-order valence-electron chi connectivity index (χ1n) is 11.0. The summed E-state index contributed by atoms with van der Waals surface area (Å²) in [7, 11) is 0. The van der Waals surface area contributed by atoms with Crippen molar-refractivity contribution in [3.63, 3.8) is 0 Å². The number of nitrogens with one attached hydrogen (secondary N) is 1. The molecule has 3 aromatic rings. The molecule has 1 unspecified atom stereocenters. The number of hydrogen-bond acceptors (Lipinski definition) is 7. The molecule has 2 aromatic carbocycles. The molecule has 9 nitrogen and oxygen atoms in total. The minimum absolute atomic E-state index is 0.00695. The SMILES string of the molecule is Cc1ccc(-c2noc(C(C)N3CCN(C(=O)c4ccc5c(c4)NC(=O)CO5)CC3)n2)cc1. The van der Waals surface area contributed by atoms with Crippen molar-refractivity contribution in [3.05, 3.63) is 59.5 Å². The fourth-order valence-corrected chi connectivity index (χ4v) is 4.09. The number of aryl methyl sites for hydroxylation is 1.